The number of aryl methyl sites for hydroxylation is 2. The minimum Gasteiger partial charge on any atom is -0.317 e. The molecule has 2 aromatic rings. The Bertz CT molecular complexity index is 560. The summed E-state index contributed by atoms with van der Waals surface area (Å²) < 4.78 is 2.46. The number of pyridine rings is 2. The highest BCUT2D eigenvalue weighted by atomic mass is 79.9. The first-order valence-corrected chi connectivity index (χ1v) is 5.00. The van der Waals surface area contributed by atoms with Crippen molar-refractivity contribution in [3.05, 3.63) is 39.0 Å². The third-order valence-electron chi connectivity index (χ3n) is 2.16. The van der Waals surface area contributed by atoms with Crippen molar-refractivity contribution in [2.75, 3.05) is 0 Å². The van der Waals surface area contributed by atoms with Crippen LogP contribution in [0.2, 0.25) is 0 Å². The summed E-state index contributed by atoms with van der Waals surface area (Å²) in [4.78, 5) is 15.8. The number of hydrogen-bond acceptors (Lipinski definition) is 2. The first-order valence-electron chi connectivity index (χ1n) is 4.21. The number of hydrogen-bond donors (Lipinski definition) is 0. The quantitative estimate of drug-likeness (QED) is 0.719. The minimum atomic E-state index is -0.0179. The molecule has 0 aliphatic heterocycles. The molecule has 72 valence electrons. The lowest BCUT2D eigenvalue weighted by Crippen LogP contribution is -2.16. The smallest absolute Gasteiger partial charge is 0.259 e. The highest BCUT2D eigenvalue weighted by Crippen LogP contribution is 2.20. The minimum absolute atomic E-state index is 0.0179. The fourth-order valence-corrected chi connectivity index (χ4v) is 2.05. The van der Waals surface area contributed by atoms with Crippen molar-refractivity contribution in [3.63, 3.8) is 0 Å². The van der Waals surface area contributed by atoms with Crippen LogP contribution in [0, 0.1) is 6.92 Å². The molecule has 0 saturated heterocycles. The largest absolute Gasteiger partial charge is 0.317 e. The van der Waals surface area contributed by atoms with Crippen LogP contribution in [0.5, 0.6) is 0 Å². The molecule has 0 amide bonds. The van der Waals surface area contributed by atoms with E-state index in [-0.39, 0.29) is 5.56 Å². The molecule has 2 heterocycles. The van der Waals surface area contributed by atoms with Crippen LogP contribution in [-0.4, -0.2) is 9.55 Å². The van der Waals surface area contributed by atoms with Crippen molar-refractivity contribution in [2.24, 2.45) is 7.05 Å². The summed E-state index contributed by atoms with van der Waals surface area (Å²) in [7, 11) is 1.73. The van der Waals surface area contributed by atoms with E-state index in [9.17, 15) is 4.79 Å². The van der Waals surface area contributed by atoms with Gasteiger partial charge in [0.1, 0.15) is 0 Å². The lowest BCUT2D eigenvalue weighted by Gasteiger charge is -2.04. The number of rotatable bonds is 0. The Morgan fingerprint density at radius 1 is 1.43 bits per heavy atom. The van der Waals surface area contributed by atoms with Crippen LogP contribution in [0.4, 0.5) is 0 Å². The molecular formula is C10H9BrN2O. The van der Waals surface area contributed by atoms with Crippen molar-refractivity contribution >= 4 is 26.7 Å². The summed E-state index contributed by atoms with van der Waals surface area (Å²) in [6, 6.07) is 1.90. The van der Waals surface area contributed by atoms with Gasteiger partial charge >= 0.3 is 0 Å². The second-order valence-corrected chi connectivity index (χ2v) is 4.12. The molecule has 0 spiro atoms. The highest BCUT2D eigenvalue weighted by molar-refractivity contribution is 9.10. The molecule has 2 rings (SSSR count). The zero-order valence-corrected chi connectivity index (χ0v) is 9.50. The molecular weight excluding hydrogens is 244 g/mol. The van der Waals surface area contributed by atoms with E-state index in [1.54, 1.807) is 24.0 Å². The van der Waals surface area contributed by atoms with E-state index >= 15 is 0 Å². The molecule has 0 fully saturated rings. The van der Waals surface area contributed by atoms with E-state index in [4.69, 9.17) is 0 Å². The molecule has 3 nitrogen and oxygen atoms in total. The Morgan fingerprint density at radius 3 is 2.86 bits per heavy atom. The predicted molar refractivity (Wildman–Crippen MR) is 59.4 cm³/mol. The molecule has 0 bridgehead atoms. The normalized spacial score (nSPS) is 10.8. The van der Waals surface area contributed by atoms with Gasteiger partial charge in [-0.3, -0.25) is 9.78 Å². The second kappa shape index (κ2) is 3.20. The van der Waals surface area contributed by atoms with Gasteiger partial charge in [0, 0.05) is 35.0 Å². The summed E-state index contributed by atoms with van der Waals surface area (Å²) >= 11 is 3.43. The first kappa shape index (κ1) is 9.40. The summed E-state index contributed by atoms with van der Waals surface area (Å²) in [6.07, 6.45) is 3.39. The van der Waals surface area contributed by atoms with E-state index in [1.165, 1.54) is 0 Å². The van der Waals surface area contributed by atoms with Crippen molar-refractivity contribution in [2.45, 2.75) is 6.92 Å². The van der Waals surface area contributed by atoms with Crippen LogP contribution < -0.4 is 5.56 Å². The molecule has 0 N–H and O–H groups in total. The van der Waals surface area contributed by atoms with Crippen molar-refractivity contribution < 1.29 is 0 Å². The Hall–Kier alpha value is -1.16. The summed E-state index contributed by atoms with van der Waals surface area (Å²) in [5.74, 6) is 0. The molecule has 0 radical (unpaired) electrons. The molecule has 0 atom stereocenters. The van der Waals surface area contributed by atoms with Gasteiger partial charge in [0.05, 0.1) is 5.39 Å². The fourth-order valence-electron chi connectivity index (χ4n) is 1.42. The standard InChI is InChI=1S/C10H9BrN2O/c1-6-3-7-8(4-12-6)10(14)13(2)5-9(7)11/h3-5H,1-2H3. The van der Waals surface area contributed by atoms with Gasteiger partial charge < -0.3 is 4.57 Å². The molecule has 0 aromatic carbocycles. The second-order valence-electron chi connectivity index (χ2n) is 3.26. The van der Waals surface area contributed by atoms with E-state index in [2.05, 4.69) is 20.9 Å². The number of nitrogens with zero attached hydrogens (tertiary/aromatic N) is 2. The van der Waals surface area contributed by atoms with Crippen molar-refractivity contribution in [1.29, 1.82) is 0 Å². The van der Waals surface area contributed by atoms with Crippen LogP contribution in [0.25, 0.3) is 10.8 Å². The topological polar surface area (TPSA) is 34.9 Å². The van der Waals surface area contributed by atoms with Crippen LogP contribution in [0.1, 0.15) is 5.69 Å². The van der Waals surface area contributed by atoms with Gasteiger partial charge in [-0.1, -0.05) is 0 Å². The zero-order chi connectivity index (χ0) is 10.3. The van der Waals surface area contributed by atoms with Crippen LogP contribution >= 0.6 is 15.9 Å². The average Bonchev–Trinajstić information content (AvgIpc) is 2.14. The van der Waals surface area contributed by atoms with Gasteiger partial charge in [-0.2, -0.15) is 0 Å². The van der Waals surface area contributed by atoms with Gasteiger partial charge in [0.15, 0.2) is 0 Å². The zero-order valence-electron chi connectivity index (χ0n) is 7.91. The third kappa shape index (κ3) is 1.35. The monoisotopic (exact) mass is 252 g/mol. The molecule has 0 aliphatic rings. The molecule has 2 aromatic heterocycles. The van der Waals surface area contributed by atoms with Gasteiger partial charge in [0.2, 0.25) is 0 Å². The van der Waals surface area contributed by atoms with Gasteiger partial charge in [0.25, 0.3) is 5.56 Å². The molecule has 0 aliphatic carbocycles. The Kier molecular flexibility index (Phi) is 2.15. The predicted octanol–water partition coefficient (Wildman–Crippen LogP) is 2.00. The van der Waals surface area contributed by atoms with Crippen LogP contribution in [0.3, 0.4) is 0 Å². The van der Waals surface area contributed by atoms with Crippen molar-refractivity contribution in [1.82, 2.24) is 9.55 Å². The number of fused-ring (bicyclic) bond motifs is 1. The van der Waals surface area contributed by atoms with E-state index in [0.29, 0.717) is 5.39 Å². The Morgan fingerprint density at radius 2 is 2.14 bits per heavy atom. The lowest BCUT2D eigenvalue weighted by atomic mass is 10.2. The summed E-state index contributed by atoms with van der Waals surface area (Å²) in [6.45, 7) is 1.91. The van der Waals surface area contributed by atoms with Gasteiger partial charge in [-0.25, -0.2) is 0 Å². The Labute approximate surface area is 89.5 Å². The third-order valence-corrected chi connectivity index (χ3v) is 2.79. The molecule has 14 heavy (non-hydrogen) atoms. The van der Waals surface area contributed by atoms with Gasteiger partial charge in [-0.05, 0) is 28.9 Å². The summed E-state index contributed by atoms with van der Waals surface area (Å²) in [5.41, 5.74) is 0.891. The van der Waals surface area contributed by atoms with Crippen LogP contribution in [-0.2, 0) is 7.05 Å². The fraction of sp³-hybridized carbons (Fsp3) is 0.200. The lowest BCUT2D eigenvalue weighted by molar-refractivity contribution is 0.868. The molecule has 0 unspecified atom stereocenters. The maximum Gasteiger partial charge on any atom is 0.259 e. The highest BCUT2D eigenvalue weighted by Gasteiger charge is 2.05. The first-order chi connectivity index (χ1) is 6.59. The van der Waals surface area contributed by atoms with E-state index in [0.717, 1.165) is 15.6 Å². The number of aromatic nitrogens is 2. The van der Waals surface area contributed by atoms with E-state index in [1.807, 2.05) is 13.0 Å². The van der Waals surface area contributed by atoms with E-state index < -0.39 is 0 Å². The van der Waals surface area contributed by atoms with Crippen molar-refractivity contribution in [3.8, 4) is 0 Å². The maximum absolute atomic E-state index is 11.7. The average molecular weight is 253 g/mol. The molecule has 4 heteroatoms. The SMILES string of the molecule is Cc1cc2c(Br)cn(C)c(=O)c2cn1. The maximum atomic E-state index is 11.7. The Balaban J connectivity index is 3.02. The van der Waals surface area contributed by atoms with Crippen LogP contribution in [0.15, 0.2) is 27.7 Å². The number of halogens is 1. The molecule has 0 saturated carbocycles. The summed E-state index contributed by atoms with van der Waals surface area (Å²) in [5, 5.41) is 1.56. The van der Waals surface area contributed by atoms with Gasteiger partial charge in [-0.15, -0.1) is 0 Å².